The number of hydrogen-bond donors (Lipinski definition) is 0. The van der Waals surface area contributed by atoms with E-state index in [0.717, 1.165) is 11.5 Å². The molecule has 0 saturated heterocycles. The lowest BCUT2D eigenvalue weighted by Crippen LogP contribution is -2.06. The molecule has 0 N–H and O–H groups in total. The van der Waals surface area contributed by atoms with Crippen LogP contribution in [0.5, 0.6) is 5.75 Å². The summed E-state index contributed by atoms with van der Waals surface area (Å²) in [5.41, 5.74) is 2.61. The summed E-state index contributed by atoms with van der Waals surface area (Å²) < 4.78 is 5.67. The molecule has 1 atom stereocenters. The summed E-state index contributed by atoms with van der Waals surface area (Å²) in [7, 11) is 1.76. The fourth-order valence-corrected chi connectivity index (χ4v) is 4.26. The van der Waals surface area contributed by atoms with Crippen LogP contribution in [0.4, 0.5) is 0 Å². The van der Waals surface area contributed by atoms with Crippen LogP contribution in [-0.4, -0.2) is 12.9 Å². The SMILES string of the molecule is COc1ccc2cccc3c2c1C(CSc1ccccc1)C=C3. The van der Waals surface area contributed by atoms with Crippen molar-refractivity contribution in [1.82, 2.24) is 0 Å². The average molecular weight is 318 g/mol. The van der Waals surface area contributed by atoms with Crippen LogP contribution in [-0.2, 0) is 0 Å². The van der Waals surface area contributed by atoms with Gasteiger partial charge >= 0.3 is 0 Å². The van der Waals surface area contributed by atoms with E-state index in [1.54, 1.807) is 7.11 Å². The molecule has 4 rings (SSSR count). The third-order valence-corrected chi connectivity index (χ3v) is 5.48. The predicted octanol–water partition coefficient (Wildman–Crippen LogP) is 5.75. The lowest BCUT2D eigenvalue weighted by Gasteiger charge is -2.23. The average Bonchev–Trinajstić information content (AvgIpc) is 2.62. The van der Waals surface area contributed by atoms with E-state index in [2.05, 4.69) is 72.8 Å². The second-order valence-electron chi connectivity index (χ2n) is 5.72. The van der Waals surface area contributed by atoms with E-state index in [9.17, 15) is 0 Å². The zero-order valence-corrected chi connectivity index (χ0v) is 13.8. The Hall–Kier alpha value is -2.19. The van der Waals surface area contributed by atoms with Crippen LogP contribution in [0.2, 0.25) is 0 Å². The number of rotatable bonds is 4. The maximum absolute atomic E-state index is 5.67. The molecule has 0 fully saturated rings. The molecule has 0 aliphatic heterocycles. The van der Waals surface area contributed by atoms with Crippen LogP contribution in [0.25, 0.3) is 16.8 Å². The molecule has 114 valence electrons. The predicted molar refractivity (Wildman–Crippen MR) is 99.4 cm³/mol. The van der Waals surface area contributed by atoms with Crippen molar-refractivity contribution in [2.75, 3.05) is 12.9 Å². The Bertz CT molecular complexity index is 868. The molecule has 3 aromatic carbocycles. The molecule has 1 nitrogen and oxygen atoms in total. The quantitative estimate of drug-likeness (QED) is 0.566. The number of ether oxygens (including phenoxy) is 1. The van der Waals surface area contributed by atoms with E-state index < -0.39 is 0 Å². The zero-order valence-electron chi connectivity index (χ0n) is 13.0. The van der Waals surface area contributed by atoms with E-state index >= 15 is 0 Å². The number of hydrogen-bond acceptors (Lipinski definition) is 2. The minimum atomic E-state index is 0.369. The van der Waals surface area contributed by atoms with E-state index in [1.807, 2.05) is 11.8 Å². The van der Waals surface area contributed by atoms with Crippen LogP contribution < -0.4 is 4.74 Å². The molecule has 0 heterocycles. The Kier molecular flexibility index (Phi) is 3.84. The molecule has 0 aromatic heterocycles. The van der Waals surface area contributed by atoms with Crippen molar-refractivity contribution in [1.29, 1.82) is 0 Å². The first-order valence-electron chi connectivity index (χ1n) is 7.82. The van der Waals surface area contributed by atoms with Crippen molar-refractivity contribution >= 4 is 28.6 Å². The lowest BCUT2D eigenvalue weighted by atomic mass is 9.86. The summed E-state index contributed by atoms with van der Waals surface area (Å²) in [4.78, 5) is 1.31. The van der Waals surface area contributed by atoms with Gasteiger partial charge in [0.15, 0.2) is 0 Å². The molecule has 2 heteroatoms. The highest BCUT2D eigenvalue weighted by molar-refractivity contribution is 7.99. The number of thioether (sulfide) groups is 1. The van der Waals surface area contributed by atoms with Gasteiger partial charge in [-0.05, 0) is 34.5 Å². The van der Waals surface area contributed by atoms with Crippen LogP contribution in [0.15, 0.2) is 71.6 Å². The van der Waals surface area contributed by atoms with Gasteiger partial charge in [-0.1, -0.05) is 54.6 Å². The first-order valence-corrected chi connectivity index (χ1v) is 8.81. The van der Waals surface area contributed by atoms with Crippen molar-refractivity contribution in [2.45, 2.75) is 10.8 Å². The van der Waals surface area contributed by atoms with Gasteiger partial charge in [-0.3, -0.25) is 0 Å². The summed E-state index contributed by atoms with van der Waals surface area (Å²) in [6.45, 7) is 0. The highest BCUT2D eigenvalue weighted by atomic mass is 32.2. The van der Waals surface area contributed by atoms with Crippen molar-refractivity contribution < 1.29 is 4.74 Å². The summed E-state index contributed by atoms with van der Waals surface area (Å²) in [6.07, 6.45) is 4.57. The van der Waals surface area contributed by atoms with E-state index in [-0.39, 0.29) is 0 Å². The van der Waals surface area contributed by atoms with Crippen molar-refractivity contribution in [3.05, 3.63) is 77.9 Å². The molecule has 0 spiro atoms. The molecule has 23 heavy (non-hydrogen) atoms. The Morgan fingerprint density at radius 2 is 1.83 bits per heavy atom. The molecule has 0 radical (unpaired) electrons. The normalized spacial score (nSPS) is 15.8. The third-order valence-electron chi connectivity index (χ3n) is 4.35. The molecule has 1 aliphatic rings. The largest absolute Gasteiger partial charge is 0.496 e. The minimum Gasteiger partial charge on any atom is -0.496 e. The molecule has 0 bridgehead atoms. The first-order chi connectivity index (χ1) is 11.4. The maximum Gasteiger partial charge on any atom is 0.123 e. The zero-order chi connectivity index (χ0) is 15.6. The third kappa shape index (κ3) is 2.64. The standard InChI is InChI=1S/C21H18OS/c1-22-19-13-12-16-7-5-6-15-10-11-17(21(19)20(15)16)14-23-18-8-3-2-4-9-18/h2-13,17H,14H2,1H3. The lowest BCUT2D eigenvalue weighted by molar-refractivity contribution is 0.409. The molecule has 0 amide bonds. The van der Waals surface area contributed by atoms with Crippen LogP contribution in [0, 0.1) is 0 Å². The Morgan fingerprint density at radius 3 is 2.65 bits per heavy atom. The van der Waals surface area contributed by atoms with Gasteiger partial charge in [-0.15, -0.1) is 11.8 Å². The summed E-state index contributed by atoms with van der Waals surface area (Å²) in [6, 6.07) is 21.3. The van der Waals surface area contributed by atoms with Crippen LogP contribution in [0.1, 0.15) is 17.0 Å². The highest BCUT2D eigenvalue weighted by Crippen LogP contribution is 2.42. The molecular weight excluding hydrogens is 300 g/mol. The van der Waals surface area contributed by atoms with Crippen molar-refractivity contribution in [3.8, 4) is 5.75 Å². The maximum atomic E-state index is 5.67. The minimum absolute atomic E-state index is 0.369. The number of allylic oxidation sites excluding steroid dienone is 1. The summed E-state index contributed by atoms with van der Waals surface area (Å²) in [5.74, 6) is 2.38. The molecule has 0 saturated carbocycles. The number of benzene rings is 3. The summed E-state index contributed by atoms with van der Waals surface area (Å²) in [5, 5.41) is 2.63. The second kappa shape index (κ2) is 6.13. The van der Waals surface area contributed by atoms with Crippen molar-refractivity contribution in [3.63, 3.8) is 0 Å². The monoisotopic (exact) mass is 318 g/mol. The van der Waals surface area contributed by atoms with E-state index in [0.29, 0.717) is 5.92 Å². The number of methoxy groups -OCH3 is 1. The van der Waals surface area contributed by atoms with Crippen LogP contribution in [0.3, 0.4) is 0 Å². The topological polar surface area (TPSA) is 9.23 Å². The van der Waals surface area contributed by atoms with Gasteiger partial charge in [-0.2, -0.15) is 0 Å². The van der Waals surface area contributed by atoms with Gasteiger partial charge in [0.25, 0.3) is 0 Å². The van der Waals surface area contributed by atoms with E-state index in [1.165, 1.54) is 26.8 Å². The smallest absolute Gasteiger partial charge is 0.123 e. The molecule has 1 aliphatic carbocycles. The van der Waals surface area contributed by atoms with Gasteiger partial charge < -0.3 is 4.74 Å². The Morgan fingerprint density at radius 1 is 0.957 bits per heavy atom. The summed E-state index contributed by atoms with van der Waals surface area (Å²) >= 11 is 1.90. The van der Waals surface area contributed by atoms with Crippen LogP contribution >= 0.6 is 11.8 Å². The fraction of sp³-hybridized carbons (Fsp3) is 0.143. The van der Waals surface area contributed by atoms with E-state index in [4.69, 9.17) is 4.74 Å². The van der Waals surface area contributed by atoms with Gasteiger partial charge in [0, 0.05) is 22.1 Å². The van der Waals surface area contributed by atoms with Gasteiger partial charge in [0.2, 0.25) is 0 Å². The second-order valence-corrected chi connectivity index (χ2v) is 6.81. The molecular formula is C21H18OS. The van der Waals surface area contributed by atoms with Crippen molar-refractivity contribution in [2.24, 2.45) is 0 Å². The highest BCUT2D eigenvalue weighted by Gasteiger charge is 2.22. The molecule has 3 aromatic rings. The van der Waals surface area contributed by atoms with Gasteiger partial charge in [0.1, 0.15) is 5.75 Å². The van der Waals surface area contributed by atoms with Gasteiger partial charge in [-0.25, -0.2) is 0 Å². The van der Waals surface area contributed by atoms with Gasteiger partial charge in [0.05, 0.1) is 7.11 Å². The fourth-order valence-electron chi connectivity index (χ4n) is 3.26. The Balaban J connectivity index is 1.74. The Labute approximate surface area is 141 Å². The first kappa shape index (κ1) is 14.4. The molecule has 1 unspecified atom stereocenters.